The zero-order valence-electron chi connectivity index (χ0n) is 17.2. The summed E-state index contributed by atoms with van der Waals surface area (Å²) in [5.74, 6) is -0.0109. The molecule has 0 aliphatic carbocycles. The highest BCUT2D eigenvalue weighted by molar-refractivity contribution is 5.90. The summed E-state index contributed by atoms with van der Waals surface area (Å²) in [4.78, 5) is 33.6. The molecule has 1 unspecified atom stereocenters. The van der Waals surface area contributed by atoms with Crippen molar-refractivity contribution in [3.8, 4) is 0 Å². The summed E-state index contributed by atoms with van der Waals surface area (Å²) in [6.45, 7) is 5.80. The van der Waals surface area contributed by atoms with Crippen LogP contribution in [0.4, 0.5) is 4.79 Å². The molecule has 0 radical (unpaired) electrons. The molecule has 0 saturated carbocycles. The number of aromatic nitrogens is 1. The maximum atomic E-state index is 13.4. The zero-order chi connectivity index (χ0) is 20.7. The molecule has 3 rings (SSSR count). The third-order valence-electron chi connectivity index (χ3n) is 5.62. The number of hydrogen-bond acceptors (Lipinski definition) is 4. The van der Waals surface area contributed by atoms with Gasteiger partial charge in [0.05, 0.1) is 0 Å². The number of carbonyl (C=O) groups is 2. The van der Waals surface area contributed by atoms with Crippen molar-refractivity contribution in [3.63, 3.8) is 0 Å². The van der Waals surface area contributed by atoms with Crippen LogP contribution in [-0.2, 0) is 22.6 Å². The quantitative estimate of drug-likeness (QED) is 0.718. The predicted octanol–water partition coefficient (Wildman–Crippen LogP) is 3.66. The lowest BCUT2D eigenvalue weighted by molar-refractivity contribution is -0.141. The summed E-state index contributed by atoms with van der Waals surface area (Å²) >= 11 is 0. The van der Waals surface area contributed by atoms with Crippen LogP contribution in [-0.4, -0.2) is 52.0 Å². The van der Waals surface area contributed by atoms with Crippen LogP contribution < -0.4 is 0 Å². The van der Waals surface area contributed by atoms with Gasteiger partial charge >= 0.3 is 6.09 Å². The number of likely N-dealkylation sites (N-methyl/N-ethyl adjacent to an activating group) is 1. The standard InChI is InChI=1S/C23H29N3O3/c1-3-25(17-12-19-10-14-24-15-11-19)21(27)23(2)13-7-16-26(23)22(28)29-18-20-8-5-4-6-9-20/h4-6,8-11,14-15H,3,7,12-13,16-18H2,1-2H3. The Bertz CT molecular complexity index is 813. The fraction of sp³-hybridized carbons (Fsp3) is 0.435. The normalized spacial score (nSPS) is 18.5. The molecule has 2 aromatic rings. The lowest BCUT2D eigenvalue weighted by Gasteiger charge is -2.37. The summed E-state index contributed by atoms with van der Waals surface area (Å²) in [7, 11) is 0. The van der Waals surface area contributed by atoms with Gasteiger partial charge < -0.3 is 9.64 Å². The van der Waals surface area contributed by atoms with Crippen molar-refractivity contribution in [2.24, 2.45) is 0 Å². The van der Waals surface area contributed by atoms with E-state index in [9.17, 15) is 9.59 Å². The molecule has 2 heterocycles. The van der Waals surface area contributed by atoms with Crippen LogP contribution in [0.5, 0.6) is 0 Å². The van der Waals surface area contributed by atoms with Crippen LogP contribution >= 0.6 is 0 Å². The first-order valence-electron chi connectivity index (χ1n) is 10.2. The van der Waals surface area contributed by atoms with Gasteiger partial charge in [-0.15, -0.1) is 0 Å². The highest BCUT2D eigenvalue weighted by Crippen LogP contribution is 2.32. The summed E-state index contributed by atoms with van der Waals surface area (Å²) in [6.07, 6.45) is 5.30. The van der Waals surface area contributed by atoms with E-state index in [0.717, 1.165) is 24.0 Å². The molecular weight excluding hydrogens is 366 g/mol. The first kappa shape index (κ1) is 20.8. The molecule has 1 fully saturated rings. The zero-order valence-corrected chi connectivity index (χ0v) is 17.2. The van der Waals surface area contributed by atoms with Gasteiger partial charge in [-0.1, -0.05) is 30.3 Å². The number of rotatable bonds is 7. The topological polar surface area (TPSA) is 62.7 Å². The van der Waals surface area contributed by atoms with Crippen LogP contribution in [0.25, 0.3) is 0 Å². The number of nitrogens with zero attached hydrogens (tertiary/aromatic N) is 3. The number of hydrogen-bond donors (Lipinski definition) is 0. The van der Waals surface area contributed by atoms with Crippen LogP contribution in [0.1, 0.15) is 37.8 Å². The molecule has 0 N–H and O–H groups in total. The second-order valence-electron chi connectivity index (χ2n) is 7.56. The average molecular weight is 396 g/mol. The van der Waals surface area contributed by atoms with Gasteiger partial charge in [0.25, 0.3) is 0 Å². The van der Waals surface area contributed by atoms with Crippen molar-refractivity contribution >= 4 is 12.0 Å². The Morgan fingerprint density at radius 3 is 2.55 bits per heavy atom. The van der Waals surface area contributed by atoms with Gasteiger partial charge in [0.2, 0.25) is 5.91 Å². The van der Waals surface area contributed by atoms with Crippen molar-refractivity contribution in [1.29, 1.82) is 0 Å². The molecule has 154 valence electrons. The number of likely N-dealkylation sites (tertiary alicyclic amines) is 1. The first-order valence-corrected chi connectivity index (χ1v) is 10.2. The Labute approximate surface area is 172 Å². The molecule has 2 amide bonds. The van der Waals surface area contributed by atoms with Gasteiger partial charge in [-0.05, 0) is 56.4 Å². The highest BCUT2D eigenvalue weighted by Gasteiger charge is 2.48. The second-order valence-corrected chi connectivity index (χ2v) is 7.56. The summed E-state index contributed by atoms with van der Waals surface area (Å²) in [5, 5.41) is 0. The fourth-order valence-electron chi connectivity index (χ4n) is 3.83. The van der Waals surface area contributed by atoms with E-state index in [4.69, 9.17) is 4.74 Å². The van der Waals surface area contributed by atoms with Crippen molar-refractivity contribution < 1.29 is 14.3 Å². The van der Waals surface area contributed by atoms with Gasteiger partial charge in [-0.2, -0.15) is 0 Å². The van der Waals surface area contributed by atoms with Crippen LogP contribution in [0.2, 0.25) is 0 Å². The average Bonchev–Trinajstić information content (AvgIpc) is 3.16. The van der Waals surface area contributed by atoms with Crippen LogP contribution in [0, 0.1) is 0 Å². The largest absolute Gasteiger partial charge is 0.445 e. The van der Waals surface area contributed by atoms with Gasteiger partial charge in [-0.3, -0.25) is 14.7 Å². The smallest absolute Gasteiger partial charge is 0.410 e. The maximum absolute atomic E-state index is 13.4. The van der Waals surface area contributed by atoms with E-state index in [2.05, 4.69) is 4.98 Å². The van der Waals surface area contributed by atoms with E-state index < -0.39 is 11.6 Å². The Hall–Kier alpha value is -2.89. The van der Waals surface area contributed by atoms with E-state index in [1.807, 2.05) is 61.2 Å². The van der Waals surface area contributed by atoms with Gasteiger partial charge in [0.15, 0.2) is 0 Å². The van der Waals surface area contributed by atoms with Crippen molar-refractivity contribution in [3.05, 3.63) is 66.0 Å². The molecule has 1 saturated heterocycles. The molecule has 6 nitrogen and oxygen atoms in total. The molecule has 0 bridgehead atoms. The molecule has 29 heavy (non-hydrogen) atoms. The molecule has 1 aliphatic heterocycles. The van der Waals surface area contributed by atoms with Crippen molar-refractivity contribution in [2.45, 2.75) is 45.3 Å². The second kappa shape index (κ2) is 9.54. The number of benzene rings is 1. The van der Waals surface area contributed by atoms with E-state index in [-0.39, 0.29) is 12.5 Å². The van der Waals surface area contributed by atoms with E-state index in [0.29, 0.717) is 26.1 Å². The fourth-order valence-corrected chi connectivity index (χ4v) is 3.83. The highest BCUT2D eigenvalue weighted by atomic mass is 16.6. The monoisotopic (exact) mass is 395 g/mol. The molecular formula is C23H29N3O3. The van der Waals surface area contributed by atoms with Crippen molar-refractivity contribution in [2.75, 3.05) is 19.6 Å². The Morgan fingerprint density at radius 2 is 1.86 bits per heavy atom. The minimum absolute atomic E-state index is 0.0109. The molecule has 0 spiro atoms. The maximum Gasteiger partial charge on any atom is 0.410 e. The summed E-state index contributed by atoms with van der Waals surface area (Å²) < 4.78 is 5.51. The molecule has 6 heteroatoms. The van der Waals surface area contributed by atoms with Crippen molar-refractivity contribution in [1.82, 2.24) is 14.8 Å². The summed E-state index contributed by atoms with van der Waals surface area (Å²) in [5.41, 5.74) is 1.21. The first-order chi connectivity index (χ1) is 14.0. The number of carbonyl (C=O) groups excluding carboxylic acids is 2. The van der Waals surface area contributed by atoms with E-state index in [1.165, 1.54) is 0 Å². The molecule has 1 atom stereocenters. The van der Waals surface area contributed by atoms with Crippen LogP contribution in [0.3, 0.4) is 0 Å². The van der Waals surface area contributed by atoms with Gasteiger partial charge in [0.1, 0.15) is 12.1 Å². The number of amides is 2. The minimum Gasteiger partial charge on any atom is -0.445 e. The Kier molecular flexibility index (Phi) is 6.86. The number of pyridine rings is 1. The third kappa shape index (κ3) is 4.94. The Morgan fingerprint density at radius 1 is 1.14 bits per heavy atom. The third-order valence-corrected chi connectivity index (χ3v) is 5.62. The predicted molar refractivity (Wildman–Crippen MR) is 111 cm³/mol. The minimum atomic E-state index is -0.859. The molecule has 1 aromatic carbocycles. The number of ether oxygens (including phenoxy) is 1. The lowest BCUT2D eigenvalue weighted by Crippen LogP contribution is -2.56. The van der Waals surface area contributed by atoms with Crippen LogP contribution in [0.15, 0.2) is 54.9 Å². The van der Waals surface area contributed by atoms with Gasteiger partial charge in [0, 0.05) is 32.0 Å². The lowest BCUT2D eigenvalue weighted by atomic mass is 9.96. The van der Waals surface area contributed by atoms with Gasteiger partial charge in [-0.25, -0.2) is 4.79 Å². The Balaban J connectivity index is 1.63. The molecule has 1 aliphatic rings. The summed E-state index contributed by atoms with van der Waals surface area (Å²) in [6, 6.07) is 13.5. The van der Waals surface area contributed by atoms with E-state index >= 15 is 0 Å². The van der Waals surface area contributed by atoms with E-state index in [1.54, 1.807) is 17.3 Å². The molecule has 1 aromatic heterocycles. The SMILES string of the molecule is CCN(CCc1ccncc1)C(=O)C1(C)CCCN1C(=O)OCc1ccccc1.